The van der Waals surface area contributed by atoms with Crippen LogP contribution in [0.15, 0.2) is 28.7 Å². The van der Waals surface area contributed by atoms with Gasteiger partial charge in [0.1, 0.15) is 0 Å². The number of hydrogen-bond acceptors (Lipinski definition) is 2. The van der Waals surface area contributed by atoms with E-state index in [1.807, 2.05) is 0 Å². The molecule has 1 saturated heterocycles. The molecule has 1 fully saturated rings. The van der Waals surface area contributed by atoms with Crippen LogP contribution < -0.4 is 0 Å². The van der Waals surface area contributed by atoms with Gasteiger partial charge >= 0.3 is 0 Å². The van der Waals surface area contributed by atoms with Crippen molar-refractivity contribution in [2.45, 2.75) is 6.54 Å². The average molecular weight is 342 g/mol. The van der Waals surface area contributed by atoms with Gasteiger partial charge < -0.3 is 4.90 Å². The lowest BCUT2D eigenvalue weighted by atomic mass is 10.2. The van der Waals surface area contributed by atoms with Crippen LogP contribution in [0.4, 0.5) is 0 Å². The number of halogens is 3. The van der Waals surface area contributed by atoms with Gasteiger partial charge in [-0.05, 0) is 24.7 Å². The fraction of sp³-hybridized carbons (Fsp3) is 0.500. The summed E-state index contributed by atoms with van der Waals surface area (Å²) in [6.07, 6.45) is 0. The summed E-state index contributed by atoms with van der Waals surface area (Å²) in [5.41, 5.74) is 1.41. The molecular weight excluding hydrogens is 323 g/mol. The van der Waals surface area contributed by atoms with E-state index >= 15 is 0 Å². The average Bonchev–Trinajstić information content (AvgIpc) is 2.25. The Balaban J connectivity index is 0.00000128. The molecule has 0 saturated carbocycles. The first-order valence-corrected chi connectivity index (χ1v) is 6.19. The summed E-state index contributed by atoms with van der Waals surface area (Å²) in [7, 11) is 2.19. The molecule has 0 aromatic heterocycles. The van der Waals surface area contributed by atoms with Crippen molar-refractivity contribution in [3.8, 4) is 0 Å². The lowest BCUT2D eigenvalue weighted by molar-refractivity contribution is 0.148. The van der Waals surface area contributed by atoms with Gasteiger partial charge in [-0.2, -0.15) is 0 Å². The minimum atomic E-state index is 0. The molecule has 0 unspecified atom stereocenters. The molecule has 1 aliphatic heterocycles. The second-order valence-electron chi connectivity index (χ2n) is 4.21. The molecule has 1 aromatic carbocycles. The van der Waals surface area contributed by atoms with Crippen LogP contribution in [0, 0.1) is 0 Å². The minimum absolute atomic E-state index is 0. The Labute approximate surface area is 124 Å². The van der Waals surface area contributed by atoms with E-state index in [1.54, 1.807) is 0 Å². The normalized spacial score (nSPS) is 17.1. The van der Waals surface area contributed by atoms with Crippen molar-refractivity contribution in [2.24, 2.45) is 0 Å². The third-order valence-electron chi connectivity index (χ3n) is 2.92. The maximum atomic E-state index is 3.46. The molecule has 98 valence electrons. The topological polar surface area (TPSA) is 6.48 Å². The summed E-state index contributed by atoms with van der Waals surface area (Å²) in [6.45, 7) is 5.84. The van der Waals surface area contributed by atoms with Crippen molar-refractivity contribution >= 4 is 40.7 Å². The molecule has 0 amide bonds. The van der Waals surface area contributed by atoms with Crippen LogP contribution >= 0.6 is 40.7 Å². The number of hydrogen-bond donors (Lipinski definition) is 0. The van der Waals surface area contributed by atoms with Crippen LogP contribution in [0.3, 0.4) is 0 Å². The number of rotatable bonds is 2. The van der Waals surface area contributed by atoms with Gasteiger partial charge in [-0.3, -0.25) is 4.90 Å². The lowest BCUT2D eigenvalue weighted by Crippen LogP contribution is -2.43. The van der Waals surface area contributed by atoms with E-state index in [4.69, 9.17) is 0 Å². The van der Waals surface area contributed by atoms with E-state index in [0.717, 1.165) is 11.0 Å². The summed E-state index contributed by atoms with van der Waals surface area (Å²) < 4.78 is 1.16. The van der Waals surface area contributed by atoms with Crippen molar-refractivity contribution in [1.29, 1.82) is 0 Å². The molecule has 1 aromatic rings. The molecule has 2 nitrogen and oxygen atoms in total. The second-order valence-corrected chi connectivity index (χ2v) is 5.12. The standard InChI is InChI=1S/C12H17BrN2.2ClH/c1-14-6-8-15(9-7-14)10-11-2-4-12(13)5-3-11;;/h2-5H,6-10H2,1H3;2*1H. The van der Waals surface area contributed by atoms with Crippen LogP contribution in [0.2, 0.25) is 0 Å². The van der Waals surface area contributed by atoms with Crippen LogP contribution in [-0.2, 0) is 6.54 Å². The van der Waals surface area contributed by atoms with Crippen LogP contribution in [0.1, 0.15) is 5.56 Å². The molecule has 2 rings (SSSR count). The molecule has 0 N–H and O–H groups in total. The molecule has 0 aliphatic carbocycles. The Morgan fingerprint density at radius 3 is 2.06 bits per heavy atom. The molecule has 1 heterocycles. The highest BCUT2D eigenvalue weighted by Gasteiger charge is 2.13. The summed E-state index contributed by atoms with van der Waals surface area (Å²) >= 11 is 3.46. The summed E-state index contributed by atoms with van der Waals surface area (Å²) in [5, 5.41) is 0. The van der Waals surface area contributed by atoms with Crippen molar-refractivity contribution in [2.75, 3.05) is 33.2 Å². The van der Waals surface area contributed by atoms with Gasteiger partial charge in [-0.15, -0.1) is 24.8 Å². The SMILES string of the molecule is CN1CCN(Cc2ccc(Br)cc2)CC1.Cl.Cl. The second kappa shape index (κ2) is 8.33. The smallest absolute Gasteiger partial charge is 0.0234 e. The Morgan fingerprint density at radius 2 is 1.53 bits per heavy atom. The fourth-order valence-electron chi connectivity index (χ4n) is 1.85. The maximum absolute atomic E-state index is 3.46. The molecule has 0 spiro atoms. The first kappa shape index (κ1) is 17.2. The van der Waals surface area contributed by atoms with Gasteiger partial charge in [-0.1, -0.05) is 28.1 Å². The zero-order valence-corrected chi connectivity index (χ0v) is 13.2. The molecule has 17 heavy (non-hydrogen) atoms. The van der Waals surface area contributed by atoms with Gasteiger partial charge in [0.2, 0.25) is 0 Å². The molecule has 0 atom stereocenters. The predicted molar refractivity (Wildman–Crippen MR) is 81.4 cm³/mol. The van der Waals surface area contributed by atoms with E-state index in [0.29, 0.717) is 0 Å². The molecule has 0 radical (unpaired) electrons. The first-order chi connectivity index (χ1) is 7.24. The van der Waals surface area contributed by atoms with E-state index in [1.165, 1.54) is 31.7 Å². The zero-order chi connectivity index (χ0) is 10.7. The Bertz CT molecular complexity index is 311. The van der Waals surface area contributed by atoms with Crippen molar-refractivity contribution in [3.05, 3.63) is 34.3 Å². The van der Waals surface area contributed by atoms with E-state index in [-0.39, 0.29) is 24.8 Å². The largest absolute Gasteiger partial charge is 0.304 e. The van der Waals surface area contributed by atoms with Gasteiger partial charge in [0, 0.05) is 37.2 Å². The van der Waals surface area contributed by atoms with Crippen molar-refractivity contribution < 1.29 is 0 Å². The Kier molecular flexibility index (Phi) is 8.43. The van der Waals surface area contributed by atoms with Crippen LogP contribution in [0.5, 0.6) is 0 Å². The van der Waals surface area contributed by atoms with E-state index in [9.17, 15) is 0 Å². The highest BCUT2D eigenvalue weighted by Crippen LogP contribution is 2.13. The predicted octanol–water partition coefficient (Wildman–Crippen LogP) is 3.04. The third-order valence-corrected chi connectivity index (χ3v) is 3.44. The summed E-state index contributed by atoms with van der Waals surface area (Å²) in [5.74, 6) is 0. The molecule has 1 aliphatic rings. The van der Waals surface area contributed by atoms with Crippen molar-refractivity contribution in [3.63, 3.8) is 0 Å². The minimum Gasteiger partial charge on any atom is -0.304 e. The number of nitrogens with zero attached hydrogens (tertiary/aromatic N) is 2. The molecule has 5 heteroatoms. The lowest BCUT2D eigenvalue weighted by Gasteiger charge is -2.32. The molecular formula is C12H19BrCl2N2. The van der Waals surface area contributed by atoms with Gasteiger partial charge in [0.15, 0.2) is 0 Å². The van der Waals surface area contributed by atoms with Gasteiger partial charge in [-0.25, -0.2) is 0 Å². The highest BCUT2D eigenvalue weighted by molar-refractivity contribution is 9.10. The zero-order valence-electron chi connectivity index (χ0n) is 9.93. The third kappa shape index (κ3) is 5.58. The van der Waals surface area contributed by atoms with Gasteiger partial charge in [0.25, 0.3) is 0 Å². The Hall–Kier alpha value is 0.200. The monoisotopic (exact) mass is 340 g/mol. The molecule has 0 bridgehead atoms. The Morgan fingerprint density at radius 1 is 1.00 bits per heavy atom. The first-order valence-electron chi connectivity index (χ1n) is 5.39. The number of benzene rings is 1. The van der Waals surface area contributed by atoms with E-state index < -0.39 is 0 Å². The fourth-order valence-corrected chi connectivity index (χ4v) is 2.12. The van der Waals surface area contributed by atoms with Gasteiger partial charge in [0.05, 0.1) is 0 Å². The number of likely N-dealkylation sites (N-methyl/N-ethyl adjacent to an activating group) is 1. The summed E-state index contributed by atoms with van der Waals surface area (Å²) in [6, 6.07) is 8.63. The maximum Gasteiger partial charge on any atom is 0.0234 e. The summed E-state index contributed by atoms with van der Waals surface area (Å²) in [4.78, 5) is 4.90. The van der Waals surface area contributed by atoms with Crippen molar-refractivity contribution in [1.82, 2.24) is 9.80 Å². The van der Waals surface area contributed by atoms with Crippen LogP contribution in [0.25, 0.3) is 0 Å². The highest BCUT2D eigenvalue weighted by atomic mass is 79.9. The number of piperazine rings is 1. The van der Waals surface area contributed by atoms with Crippen LogP contribution in [-0.4, -0.2) is 43.0 Å². The van der Waals surface area contributed by atoms with E-state index in [2.05, 4.69) is 57.0 Å². The quantitative estimate of drug-likeness (QED) is 0.815.